The number of benzene rings is 2. The molecule has 208 valence electrons. The maximum atomic E-state index is 14.7. The van der Waals surface area contributed by atoms with Crippen LogP contribution in [0.25, 0.3) is 0 Å². The molecule has 0 bridgehead atoms. The van der Waals surface area contributed by atoms with Crippen molar-refractivity contribution in [1.29, 1.82) is 0 Å². The number of halogens is 6. The number of methoxy groups -OCH3 is 1. The number of para-hydroxylation sites is 1. The number of carbonyl (C=O) groups excluding carboxylic acids is 2. The molecule has 2 aromatic carbocycles. The van der Waals surface area contributed by atoms with Gasteiger partial charge in [0.05, 0.1) is 19.9 Å². The van der Waals surface area contributed by atoms with Crippen molar-refractivity contribution in [1.82, 2.24) is 5.32 Å². The van der Waals surface area contributed by atoms with Crippen molar-refractivity contribution in [2.24, 2.45) is 10.9 Å². The molecule has 13 heteroatoms. The fraction of sp³-hybridized carbons (Fsp3) is 0.269. The molecule has 0 unspecified atom stereocenters. The van der Waals surface area contributed by atoms with Gasteiger partial charge in [-0.3, -0.25) is 14.6 Å². The van der Waals surface area contributed by atoms with Crippen LogP contribution in [0.15, 0.2) is 82.4 Å². The molecule has 3 aromatic rings. The van der Waals surface area contributed by atoms with Crippen molar-refractivity contribution in [2.45, 2.75) is 31.4 Å². The van der Waals surface area contributed by atoms with Crippen LogP contribution in [-0.2, 0) is 11.3 Å². The lowest BCUT2D eigenvalue weighted by Gasteiger charge is -2.42. The first-order valence-corrected chi connectivity index (χ1v) is 11.3. The van der Waals surface area contributed by atoms with Crippen LogP contribution in [0.2, 0.25) is 0 Å². The highest BCUT2D eigenvalue weighted by molar-refractivity contribution is 6.10. The van der Waals surface area contributed by atoms with E-state index in [-0.39, 0.29) is 17.2 Å². The molecule has 0 fully saturated rings. The van der Waals surface area contributed by atoms with Crippen LogP contribution in [0.3, 0.4) is 0 Å². The van der Waals surface area contributed by atoms with Crippen LogP contribution >= 0.6 is 0 Å². The second kappa shape index (κ2) is 11.6. The standard InChI is InChI=1S/C26H23F6N3O4/c1-16(33-15-20-9-6-14-39-20)21(23(37)34-18-7-4-3-5-8-18)24(25(27,28)29,26(30,31)32)35-22(36)17-10-12-19(38-2)13-11-17/h3-14,21H,15H2,1-2H3,(H,34,37)(H,35,36)/t21-/m0/s1. The summed E-state index contributed by atoms with van der Waals surface area (Å²) in [5.41, 5.74) is -6.50. The summed E-state index contributed by atoms with van der Waals surface area (Å²) in [7, 11) is 1.29. The number of nitrogens with zero attached hydrogens (tertiary/aromatic N) is 1. The predicted molar refractivity (Wildman–Crippen MR) is 129 cm³/mol. The minimum absolute atomic E-state index is 0.0638. The maximum absolute atomic E-state index is 14.7. The fourth-order valence-electron chi connectivity index (χ4n) is 3.83. The summed E-state index contributed by atoms with van der Waals surface area (Å²) >= 11 is 0. The highest BCUT2D eigenvalue weighted by Crippen LogP contribution is 2.49. The summed E-state index contributed by atoms with van der Waals surface area (Å²) in [6.07, 6.45) is -11.2. The van der Waals surface area contributed by atoms with Gasteiger partial charge < -0.3 is 19.8 Å². The van der Waals surface area contributed by atoms with E-state index in [0.29, 0.717) is 0 Å². The lowest BCUT2D eigenvalue weighted by atomic mass is 9.78. The smallest absolute Gasteiger partial charge is 0.421 e. The minimum atomic E-state index is -6.20. The Kier molecular flexibility index (Phi) is 8.72. The van der Waals surface area contributed by atoms with Gasteiger partial charge in [-0.2, -0.15) is 26.3 Å². The summed E-state index contributed by atoms with van der Waals surface area (Å²) in [4.78, 5) is 30.0. The monoisotopic (exact) mass is 555 g/mol. The Morgan fingerprint density at radius 1 is 0.923 bits per heavy atom. The molecule has 1 aromatic heterocycles. The molecule has 1 atom stereocenters. The van der Waals surface area contributed by atoms with Crippen LogP contribution < -0.4 is 15.4 Å². The maximum Gasteiger partial charge on any atom is 0.421 e. The number of aliphatic imine (C=N–C) groups is 1. The largest absolute Gasteiger partial charge is 0.497 e. The highest BCUT2D eigenvalue weighted by atomic mass is 19.4. The second-order valence-electron chi connectivity index (χ2n) is 8.31. The molecule has 3 rings (SSSR count). The van der Waals surface area contributed by atoms with E-state index in [0.717, 1.165) is 24.4 Å². The van der Waals surface area contributed by atoms with Gasteiger partial charge in [0.15, 0.2) is 0 Å². The van der Waals surface area contributed by atoms with Crippen molar-refractivity contribution in [3.8, 4) is 5.75 Å². The fourth-order valence-corrected chi connectivity index (χ4v) is 3.83. The molecule has 1 heterocycles. The summed E-state index contributed by atoms with van der Waals surface area (Å²) in [6, 6.07) is 14.2. The first kappa shape index (κ1) is 29.3. The molecule has 39 heavy (non-hydrogen) atoms. The Labute approximate surface area is 218 Å². The molecule has 0 aliphatic rings. The number of furan rings is 1. The van der Waals surface area contributed by atoms with Gasteiger partial charge in [0.25, 0.3) is 5.91 Å². The molecule has 0 saturated carbocycles. The van der Waals surface area contributed by atoms with Gasteiger partial charge in [0, 0.05) is 17.0 Å². The van der Waals surface area contributed by atoms with E-state index in [9.17, 15) is 35.9 Å². The Morgan fingerprint density at radius 2 is 1.54 bits per heavy atom. The summed E-state index contributed by atoms with van der Waals surface area (Å²) in [6.45, 7) is 0.399. The van der Waals surface area contributed by atoms with E-state index in [2.05, 4.69) is 10.3 Å². The van der Waals surface area contributed by atoms with E-state index in [1.165, 1.54) is 68.0 Å². The Morgan fingerprint density at radius 3 is 2.05 bits per heavy atom. The van der Waals surface area contributed by atoms with Crippen molar-refractivity contribution in [2.75, 3.05) is 12.4 Å². The van der Waals surface area contributed by atoms with Gasteiger partial charge in [0.2, 0.25) is 11.4 Å². The molecular formula is C26H23F6N3O4. The molecule has 0 aliphatic heterocycles. The first-order chi connectivity index (χ1) is 18.3. The van der Waals surface area contributed by atoms with Crippen molar-refractivity contribution in [3.05, 3.63) is 84.3 Å². The zero-order chi connectivity index (χ0) is 28.8. The van der Waals surface area contributed by atoms with E-state index in [4.69, 9.17) is 9.15 Å². The third-order valence-corrected chi connectivity index (χ3v) is 5.78. The third kappa shape index (κ3) is 6.41. The van der Waals surface area contributed by atoms with Crippen molar-refractivity contribution >= 4 is 23.2 Å². The van der Waals surface area contributed by atoms with E-state index >= 15 is 0 Å². The molecule has 0 spiro atoms. The molecule has 0 radical (unpaired) electrons. The number of amides is 2. The molecule has 2 amide bonds. The normalized spacial score (nSPS) is 13.5. The van der Waals surface area contributed by atoms with Crippen LogP contribution in [0.5, 0.6) is 5.75 Å². The number of anilines is 1. The molecular weight excluding hydrogens is 532 g/mol. The molecule has 0 saturated heterocycles. The third-order valence-electron chi connectivity index (χ3n) is 5.78. The number of ether oxygens (including phenoxy) is 1. The summed E-state index contributed by atoms with van der Waals surface area (Å²) < 4.78 is 98.0. The van der Waals surface area contributed by atoms with Crippen LogP contribution in [-0.4, -0.2) is 42.5 Å². The zero-order valence-electron chi connectivity index (χ0n) is 20.6. The van der Waals surface area contributed by atoms with E-state index in [1.807, 2.05) is 0 Å². The van der Waals surface area contributed by atoms with Crippen molar-refractivity contribution in [3.63, 3.8) is 0 Å². The highest BCUT2D eigenvalue weighted by Gasteiger charge is 2.77. The number of rotatable bonds is 9. The Balaban J connectivity index is 2.18. The quantitative estimate of drug-likeness (QED) is 0.258. The predicted octanol–water partition coefficient (Wildman–Crippen LogP) is 5.80. The molecule has 7 nitrogen and oxygen atoms in total. The topological polar surface area (TPSA) is 92.9 Å². The average Bonchev–Trinajstić information content (AvgIpc) is 3.40. The average molecular weight is 555 g/mol. The van der Waals surface area contributed by atoms with Gasteiger partial charge in [-0.15, -0.1) is 0 Å². The first-order valence-electron chi connectivity index (χ1n) is 11.3. The van der Waals surface area contributed by atoms with Crippen LogP contribution in [0.1, 0.15) is 23.0 Å². The number of nitrogens with one attached hydrogen (secondary N) is 2. The minimum Gasteiger partial charge on any atom is -0.497 e. The molecule has 0 aliphatic carbocycles. The number of hydrogen-bond donors (Lipinski definition) is 2. The van der Waals surface area contributed by atoms with Gasteiger partial charge in [-0.1, -0.05) is 18.2 Å². The molecule has 2 N–H and O–H groups in total. The summed E-state index contributed by atoms with van der Waals surface area (Å²) in [5, 5.41) is 3.19. The number of carbonyl (C=O) groups is 2. The Hall–Kier alpha value is -4.29. The van der Waals surface area contributed by atoms with Gasteiger partial charge >= 0.3 is 12.4 Å². The van der Waals surface area contributed by atoms with Gasteiger partial charge in [-0.05, 0) is 55.5 Å². The second-order valence-corrected chi connectivity index (χ2v) is 8.31. The van der Waals surface area contributed by atoms with Crippen molar-refractivity contribution < 1.29 is 45.1 Å². The zero-order valence-corrected chi connectivity index (χ0v) is 20.6. The lowest BCUT2D eigenvalue weighted by Crippen LogP contribution is -2.74. The van der Waals surface area contributed by atoms with E-state index < -0.39 is 53.4 Å². The summed E-state index contributed by atoms with van der Waals surface area (Å²) in [5.74, 6) is -6.13. The van der Waals surface area contributed by atoms with Crippen LogP contribution in [0.4, 0.5) is 32.0 Å². The van der Waals surface area contributed by atoms with E-state index in [1.54, 1.807) is 0 Å². The number of alkyl halides is 6. The van der Waals surface area contributed by atoms with Crippen LogP contribution in [0, 0.1) is 5.92 Å². The SMILES string of the molecule is COc1ccc(C(=O)NC([C@H](C(=O)Nc2ccccc2)C(C)=NCc2ccco2)(C(F)(F)F)C(F)(F)F)cc1. The van der Waals surface area contributed by atoms with Gasteiger partial charge in [0.1, 0.15) is 17.4 Å². The Bertz CT molecular complexity index is 1270. The van der Waals surface area contributed by atoms with Gasteiger partial charge in [-0.25, -0.2) is 0 Å². The lowest BCUT2D eigenvalue weighted by molar-refractivity contribution is -0.310. The number of hydrogen-bond acceptors (Lipinski definition) is 5.